The fourth-order valence-electron chi connectivity index (χ4n) is 2.34. The van der Waals surface area contributed by atoms with Crippen molar-refractivity contribution in [3.8, 4) is 0 Å². The van der Waals surface area contributed by atoms with Gasteiger partial charge >= 0.3 is 0 Å². The van der Waals surface area contributed by atoms with E-state index < -0.39 is 5.82 Å². The first-order chi connectivity index (χ1) is 10.0. The van der Waals surface area contributed by atoms with Crippen LogP contribution in [0, 0.1) is 11.6 Å². The van der Waals surface area contributed by atoms with Crippen LogP contribution in [0.4, 0.5) is 8.78 Å². The highest BCUT2D eigenvalue weighted by Crippen LogP contribution is 2.25. The third-order valence-corrected chi connectivity index (χ3v) is 3.62. The molecule has 1 unspecified atom stereocenters. The van der Waals surface area contributed by atoms with Crippen LogP contribution in [0.3, 0.4) is 0 Å². The van der Waals surface area contributed by atoms with E-state index in [0.29, 0.717) is 22.7 Å². The predicted octanol–water partition coefficient (Wildman–Crippen LogP) is 3.75. The van der Waals surface area contributed by atoms with E-state index >= 15 is 0 Å². The van der Waals surface area contributed by atoms with E-state index in [1.165, 1.54) is 18.2 Å². The van der Waals surface area contributed by atoms with E-state index in [1.807, 2.05) is 11.9 Å². The molecule has 0 aliphatic rings. The van der Waals surface area contributed by atoms with Gasteiger partial charge in [0.25, 0.3) is 0 Å². The van der Waals surface area contributed by atoms with Gasteiger partial charge in [0.1, 0.15) is 11.6 Å². The molecule has 1 atom stereocenters. The average Bonchev–Trinajstić information content (AvgIpc) is 2.41. The zero-order valence-corrected chi connectivity index (χ0v) is 12.4. The molecule has 0 radical (unpaired) electrons. The molecule has 0 saturated carbocycles. The number of benzene rings is 2. The second-order valence-electron chi connectivity index (χ2n) is 4.96. The number of rotatable bonds is 5. The fourth-order valence-corrected chi connectivity index (χ4v) is 2.57. The number of likely N-dealkylation sites (N-methyl/N-ethyl adjacent to an activating group) is 1. The van der Waals surface area contributed by atoms with Gasteiger partial charge in [-0.25, -0.2) is 8.78 Å². The second kappa shape index (κ2) is 6.98. The Labute approximate surface area is 128 Å². The molecule has 5 heteroatoms. The first-order valence-corrected chi connectivity index (χ1v) is 6.98. The molecular formula is C16H17ClF2N2. The molecule has 21 heavy (non-hydrogen) atoms. The quantitative estimate of drug-likeness (QED) is 0.911. The zero-order chi connectivity index (χ0) is 15.4. The maximum absolute atomic E-state index is 13.7. The van der Waals surface area contributed by atoms with Gasteiger partial charge in [-0.15, -0.1) is 0 Å². The molecule has 0 spiro atoms. The third-order valence-electron chi connectivity index (χ3n) is 3.40. The topological polar surface area (TPSA) is 29.3 Å². The summed E-state index contributed by atoms with van der Waals surface area (Å²) in [7, 11) is 1.82. The van der Waals surface area contributed by atoms with Gasteiger partial charge in [0, 0.05) is 29.7 Å². The van der Waals surface area contributed by atoms with E-state index in [0.717, 1.165) is 0 Å². The van der Waals surface area contributed by atoms with Crippen LogP contribution in [0.5, 0.6) is 0 Å². The van der Waals surface area contributed by atoms with Crippen LogP contribution >= 0.6 is 11.6 Å². The van der Waals surface area contributed by atoms with Gasteiger partial charge in [0.05, 0.1) is 0 Å². The van der Waals surface area contributed by atoms with E-state index in [4.69, 9.17) is 17.3 Å². The van der Waals surface area contributed by atoms with E-state index in [9.17, 15) is 8.78 Å². The summed E-state index contributed by atoms with van der Waals surface area (Å²) < 4.78 is 27.2. The average molecular weight is 311 g/mol. The van der Waals surface area contributed by atoms with Crippen molar-refractivity contribution in [2.45, 2.75) is 12.6 Å². The van der Waals surface area contributed by atoms with Gasteiger partial charge in [-0.3, -0.25) is 4.90 Å². The molecule has 0 fully saturated rings. The molecular weight excluding hydrogens is 294 g/mol. The standard InChI is InChI=1S/C16H17ClF2N2/c1-21(10-11-4-2-3-5-15(11)19)16(9-20)12-6-13(17)8-14(18)7-12/h2-8,16H,9-10,20H2,1H3. The number of nitrogens with zero attached hydrogens (tertiary/aromatic N) is 1. The molecule has 2 N–H and O–H groups in total. The Morgan fingerprint density at radius 1 is 1.19 bits per heavy atom. The van der Waals surface area contributed by atoms with Crippen molar-refractivity contribution in [1.29, 1.82) is 0 Å². The van der Waals surface area contributed by atoms with Gasteiger partial charge in [0.2, 0.25) is 0 Å². The Bertz CT molecular complexity index is 599. The lowest BCUT2D eigenvalue weighted by molar-refractivity contribution is 0.238. The van der Waals surface area contributed by atoms with Crippen LogP contribution in [0.15, 0.2) is 42.5 Å². The van der Waals surface area contributed by atoms with Crippen molar-refractivity contribution >= 4 is 11.6 Å². The van der Waals surface area contributed by atoms with Gasteiger partial charge in [-0.1, -0.05) is 29.8 Å². The van der Waals surface area contributed by atoms with E-state index in [-0.39, 0.29) is 18.4 Å². The summed E-state index contributed by atoms with van der Waals surface area (Å²) in [6, 6.07) is 10.7. The van der Waals surface area contributed by atoms with Gasteiger partial charge in [-0.05, 0) is 36.9 Å². The van der Waals surface area contributed by atoms with Crippen molar-refractivity contribution in [1.82, 2.24) is 4.90 Å². The van der Waals surface area contributed by atoms with Crippen LogP contribution in [0.25, 0.3) is 0 Å². The van der Waals surface area contributed by atoms with Gasteiger partial charge < -0.3 is 5.73 Å². The SMILES string of the molecule is CN(Cc1ccccc1F)C(CN)c1cc(F)cc(Cl)c1. The normalized spacial score (nSPS) is 12.7. The zero-order valence-electron chi connectivity index (χ0n) is 11.7. The molecule has 0 saturated heterocycles. The molecule has 0 aromatic heterocycles. The van der Waals surface area contributed by atoms with Gasteiger partial charge in [-0.2, -0.15) is 0 Å². The molecule has 112 valence electrons. The summed E-state index contributed by atoms with van der Waals surface area (Å²) in [5.41, 5.74) is 7.05. The summed E-state index contributed by atoms with van der Waals surface area (Å²) in [6.07, 6.45) is 0. The molecule has 0 heterocycles. The number of halogens is 3. The highest BCUT2D eigenvalue weighted by atomic mass is 35.5. The molecule has 0 aliphatic heterocycles. The van der Waals surface area contributed by atoms with Crippen LogP contribution in [0.1, 0.15) is 17.2 Å². The maximum atomic E-state index is 13.7. The lowest BCUT2D eigenvalue weighted by Gasteiger charge is -2.27. The summed E-state index contributed by atoms with van der Waals surface area (Å²) in [5, 5.41) is 0.322. The van der Waals surface area contributed by atoms with E-state index in [2.05, 4.69) is 0 Å². The molecule has 0 aliphatic carbocycles. The summed E-state index contributed by atoms with van der Waals surface area (Å²) in [6.45, 7) is 0.660. The van der Waals surface area contributed by atoms with Crippen LogP contribution in [0.2, 0.25) is 5.02 Å². The van der Waals surface area contributed by atoms with E-state index in [1.54, 1.807) is 24.3 Å². The molecule has 0 bridgehead atoms. The van der Waals surface area contributed by atoms with Gasteiger partial charge in [0.15, 0.2) is 0 Å². The predicted molar refractivity (Wildman–Crippen MR) is 81.1 cm³/mol. The Hall–Kier alpha value is -1.49. The minimum atomic E-state index is -0.407. The highest BCUT2D eigenvalue weighted by Gasteiger charge is 2.18. The number of hydrogen-bond donors (Lipinski definition) is 1. The minimum Gasteiger partial charge on any atom is -0.329 e. The van der Waals surface area contributed by atoms with Crippen molar-refractivity contribution in [2.75, 3.05) is 13.6 Å². The molecule has 0 amide bonds. The molecule has 2 aromatic rings. The van der Waals surface area contributed by atoms with Crippen LogP contribution in [-0.2, 0) is 6.54 Å². The summed E-state index contributed by atoms with van der Waals surface area (Å²) in [5.74, 6) is -0.673. The molecule has 2 nitrogen and oxygen atoms in total. The van der Waals surface area contributed by atoms with Crippen molar-refractivity contribution in [3.05, 3.63) is 70.2 Å². The molecule has 2 rings (SSSR count). The Morgan fingerprint density at radius 3 is 2.52 bits per heavy atom. The third kappa shape index (κ3) is 4.00. The Balaban J connectivity index is 2.22. The number of nitrogens with two attached hydrogens (primary N) is 1. The highest BCUT2D eigenvalue weighted by molar-refractivity contribution is 6.30. The maximum Gasteiger partial charge on any atom is 0.127 e. The smallest absolute Gasteiger partial charge is 0.127 e. The largest absolute Gasteiger partial charge is 0.329 e. The van der Waals surface area contributed by atoms with Crippen molar-refractivity contribution in [3.63, 3.8) is 0 Å². The lowest BCUT2D eigenvalue weighted by Crippen LogP contribution is -2.30. The first-order valence-electron chi connectivity index (χ1n) is 6.61. The summed E-state index contributed by atoms with van der Waals surface area (Å²) in [4.78, 5) is 1.88. The molecule has 2 aromatic carbocycles. The Kier molecular flexibility index (Phi) is 5.28. The van der Waals surface area contributed by atoms with Crippen LogP contribution in [-0.4, -0.2) is 18.5 Å². The minimum absolute atomic E-state index is 0.238. The monoisotopic (exact) mass is 310 g/mol. The lowest BCUT2D eigenvalue weighted by atomic mass is 10.0. The first kappa shape index (κ1) is 15.9. The van der Waals surface area contributed by atoms with Crippen molar-refractivity contribution in [2.24, 2.45) is 5.73 Å². The number of hydrogen-bond acceptors (Lipinski definition) is 2. The Morgan fingerprint density at radius 2 is 1.90 bits per heavy atom. The van der Waals surface area contributed by atoms with Crippen molar-refractivity contribution < 1.29 is 8.78 Å². The van der Waals surface area contributed by atoms with Crippen LogP contribution < -0.4 is 5.73 Å². The fraction of sp³-hybridized carbons (Fsp3) is 0.250. The summed E-state index contributed by atoms with van der Waals surface area (Å²) >= 11 is 5.88. The second-order valence-corrected chi connectivity index (χ2v) is 5.40.